The second kappa shape index (κ2) is 9.51. The van der Waals surface area contributed by atoms with Gasteiger partial charge in [0.25, 0.3) is 0 Å². The van der Waals surface area contributed by atoms with E-state index in [-0.39, 0.29) is 24.0 Å². The quantitative estimate of drug-likeness (QED) is 0.375. The lowest BCUT2D eigenvalue weighted by Gasteiger charge is -2.09. The molecule has 8 heteroatoms. The fourth-order valence-corrected chi connectivity index (χ4v) is 3.27. The Hall–Kier alpha value is -0.610. The molecule has 0 radical (unpaired) electrons. The van der Waals surface area contributed by atoms with E-state index in [1.807, 2.05) is 13.8 Å². The minimum Gasteiger partial charge on any atom is -0.444 e. The lowest BCUT2D eigenvalue weighted by Crippen LogP contribution is -2.37. The van der Waals surface area contributed by atoms with Crippen molar-refractivity contribution in [3.63, 3.8) is 0 Å². The predicted octanol–water partition coefficient (Wildman–Crippen LogP) is 3.64. The number of aliphatic imine (C=N–C) groups is 1. The van der Waals surface area contributed by atoms with Gasteiger partial charge in [-0.1, -0.05) is 0 Å². The molecule has 2 rings (SSSR count). The third-order valence-electron chi connectivity index (χ3n) is 3.00. The number of aromatic nitrogens is 1. The standard InChI is InChI=1S/C14H19BrN4OS.HI/c1-9-10(2)20-13(19-9)8-18-14(16-3)17-7-6-11-4-5-12(15)21-11;/h4-5H,6-8H2,1-3H3,(H2,16,17,18);1H. The summed E-state index contributed by atoms with van der Waals surface area (Å²) in [7, 11) is 1.75. The summed E-state index contributed by atoms with van der Waals surface area (Å²) in [5.41, 5.74) is 0.929. The van der Waals surface area contributed by atoms with E-state index in [0.717, 1.165) is 34.2 Å². The molecule has 22 heavy (non-hydrogen) atoms. The summed E-state index contributed by atoms with van der Waals surface area (Å²) in [6, 6.07) is 4.20. The van der Waals surface area contributed by atoms with E-state index in [1.165, 1.54) is 4.88 Å². The zero-order valence-electron chi connectivity index (χ0n) is 12.8. The Balaban J connectivity index is 0.00000242. The van der Waals surface area contributed by atoms with E-state index in [4.69, 9.17) is 4.42 Å². The van der Waals surface area contributed by atoms with Crippen LogP contribution in [0.5, 0.6) is 0 Å². The molecule has 0 unspecified atom stereocenters. The van der Waals surface area contributed by atoms with Crippen molar-refractivity contribution in [1.82, 2.24) is 15.6 Å². The zero-order valence-corrected chi connectivity index (χ0v) is 17.5. The highest BCUT2D eigenvalue weighted by molar-refractivity contribution is 14.0. The summed E-state index contributed by atoms with van der Waals surface area (Å²) >= 11 is 5.22. The Morgan fingerprint density at radius 3 is 2.68 bits per heavy atom. The minimum atomic E-state index is 0. The van der Waals surface area contributed by atoms with E-state index in [1.54, 1.807) is 18.4 Å². The van der Waals surface area contributed by atoms with Crippen LogP contribution in [0.15, 0.2) is 25.3 Å². The normalized spacial score (nSPS) is 11.2. The number of hydrogen-bond donors (Lipinski definition) is 2. The largest absolute Gasteiger partial charge is 0.444 e. The molecular formula is C14H20BrIN4OS. The molecule has 0 atom stereocenters. The van der Waals surface area contributed by atoms with Crippen molar-refractivity contribution in [1.29, 1.82) is 0 Å². The number of hydrogen-bond acceptors (Lipinski definition) is 4. The Morgan fingerprint density at radius 1 is 1.36 bits per heavy atom. The van der Waals surface area contributed by atoms with Crippen molar-refractivity contribution >= 4 is 57.2 Å². The van der Waals surface area contributed by atoms with Crippen LogP contribution in [0, 0.1) is 13.8 Å². The van der Waals surface area contributed by atoms with Gasteiger partial charge in [-0.15, -0.1) is 35.3 Å². The molecule has 0 amide bonds. The summed E-state index contributed by atoms with van der Waals surface area (Å²) in [4.78, 5) is 9.86. The average molecular weight is 499 g/mol. The van der Waals surface area contributed by atoms with Crippen molar-refractivity contribution in [2.45, 2.75) is 26.8 Å². The van der Waals surface area contributed by atoms with Gasteiger partial charge in [-0.2, -0.15) is 0 Å². The number of rotatable bonds is 5. The predicted molar refractivity (Wildman–Crippen MR) is 105 cm³/mol. The molecule has 2 aromatic heterocycles. The molecule has 0 aromatic carbocycles. The first-order valence-electron chi connectivity index (χ1n) is 6.70. The van der Waals surface area contributed by atoms with Crippen LogP contribution in [0.1, 0.15) is 22.2 Å². The topological polar surface area (TPSA) is 62.5 Å². The fraction of sp³-hybridized carbons (Fsp3) is 0.429. The van der Waals surface area contributed by atoms with Crippen LogP contribution in [-0.4, -0.2) is 24.5 Å². The molecule has 0 saturated heterocycles. The molecule has 5 nitrogen and oxygen atoms in total. The summed E-state index contributed by atoms with van der Waals surface area (Å²) in [5.74, 6) is 2.28. The van der Waals surface area contributed by atoms with Gasteiger partial charge in [-0.05, 0) is 48.3 Å². The lowest BCUT2D eigenvalue weighted by atomic mass is 10.3. The Bertz CT molecular complexity index is 607. The van der Waals surface area contributed by atoms with Gasteiger partial charge in [0, 0.05) is 18.5 Å². The summed E-state index contributed by atoms with van der Waals surface area (Å²) in [6.45, 7) is 5.21. The second-order valence-corrected chi connectivity index (χ2v) is 7.11. The van der Waals surface area contributed by atoms with Crippen molar-refractivity contribution in [3.05, 3.63) is 38.1 Å². The van der Waals surface area contributed by atoms with Crippen LogP contribution in [0.4, 0.5) is 0 Å². The van der Waals surface area contributed by atoms with E-state index < -0.39 is 0 Å². The molecule has 0 saturated carbocycles. The highest BCUT2D eigenvalue weighted by Gasteiger charge is 2.06. The molecule has 2 aromatic rings. The number of nitrogens with one attached hydrogen (secondary N) is 2. The average Bonchev–Trinajstić information content (AvgIpc) is 3.00. The molecule has 2 heterocycles. The lowest BCUT2D eigenvalue weighted by molar-refractivity contribution is 0.464. The second-order valence-electron chi connectivity index (χ2n) is 4.56. The smallest absolute Gasteiger partial charge is 0.214 e. The van der Waals surface area contributed by atoms with Crippen LogP contribution in [0.3, 0.4) is 0 Å². The van der Waals surface area contributed by atoms with Gasteiger partial charge in [0.1, 0.15) is 5.76 Å². The molecule has 2 N–H and O–H groups in total. The molecule has 0 aliphatic carbocycles. The van der Waals surface area contributed by atoms with Crippen LogP contribution in [0.25, 0.3) is 0 Å². The van der Waals surface area contributed by atoms with Gasteiger partial charge >= 0.3 is 0 Å². The van der Waals surface area contributed by atoms with Crippen LogP contribution >= 0.6 is 51.2 Å². The van der Waals surface area contributed by atoms with Gasteiger partial charge in [0.2, 0.25) is 5.89 Å². The van der Waals surface area contributed by atoms with Crippen molar-refractivity contribution in [2.75, 3.05) is 13.6 Å². The molecule has 122 valence electrons. The van der Waals surface area contributed by atoms with Gasteiger partial charge in [0.05, 0.1) is 16.0 Å². The molecule has 0 spiro atoms. The van der Waals surface area contributed by atoms with Gasteiger partial charge in [-0.3, -0.25) is 4.99 Å². The Kier molecular flexibility index (Phi) is 8.40. The van der Waals surface area contributed by atoms with Gasteiger partial charge in [-0.25, -0.2) is 4.98 Å². The minimum absolute atomic E-state index is 0. The number of oxazole rings is 1. The molecular weight excluding hydrogens is 479 g/mol. The summed E-state index contributed by atoms with van der Waals surface area (Å²) < 4.78 is 6.69. The zero-order chi connectivity index (χ0) is 15.2. The van der Waals surface area contributed by atoms with E-state index in [0.29, 0.717) is 12.4 Å². The monoisotopic (exact) mass is 498 g/mol. The number of aryl methyl sites for hydroxylation is 2. The van der Waals surface area contributed by atoms with E-state index >= 15 is 0 Å². The first-order chi connectivity index (χ1) is 10.1. The fourth-order valence-electron chi connectivity index (χ4n) is 1.78. The first kappa shape index (κ1) is 19.4. The summed E-state index contributed by atoms with van der Waals surface area (Å²) in [5, 5.41) is 6.47. The maximum Gasteiger partial charge on any atom is 0.214 e. The number of halogens is 2. The first-order valence-corrected chi connectivity index (χ1v) is 8.31. The highest BCUT2D eigenvalue weighted by Crippen LogP contribution is 2.21. The molecule has 0 aliphatic heterocycles. The van der Waals surface area contributed by atoms with Crippen molar-refractivity contribution < 1.29 is 4.42 Å². The van der Waals surface area contributed by atoms with Crippen LogP contribution < -0.4 is 10.6 Å². The van der Waals surface area contributed by atoms with Crippen molar-refractivity contribution in [3.8, 4) is 0 Å². The van der Waals surface area contributed by atoms with Gasteiger partial charge < -0.3 is 15.1 Å². The maximum atomic E-state index is 5.53. The molecule has 0 aliphatic rings. The number of guanidine groups is 1. The highest BCUT2D eigenvalue weighted by atomic mass is 127. The number of nitrogens with zero attached hydrogens (tertiary/aromatic N) is 2. The third kappa shape index (κ3) is 5.88. The van der Waals surface area contributed by atoms with Crippen LogP contribution in [-0.2, 0) is 13.0 Å². The number of thiophene rings is 1. The Morgan fingerprint density at radius 2 is 2.14 bits per heavy atom. The van der Waals surface area contributed by atoms with E-state index in [2.05, 4.69) is 48.7 Å². The van der Waals surface area contributed by atoms with Gasteiger partial charge in [0.15, 0.2) is 5.96 Å². The maximum absolute atomic E-state index is 5.53. The Labute approximate surface area is 160 Å². The van der Waals surface area contributed by atoms with Crippen LogP contribution in [0.2, 0.25) is 0 Å². The molecule has 0 fully saturated rings. The van der Waals surface area contributed by atoms with Crippen molar-refractivity contribution in [2.24, 2.45) is 4.99 Å². The summed E-state index contributed by atoms with van der Waals surface area (Å²) in [6.07, 6.45) is 0.966. The SMILES string of the molecule is CN=C(NCCc1ccc(Br)s1)NCc1nc(C)c(C)o1.I. The molecule has 0 bridgehead atoms. The van der Waals surface area contributed by atoms with E-state index in [9.17, 15) is 0 Å². The third-order valence-corrected chi connectivity index (χ3v) is 4.68.